The zero-order chi connectivity index (χ0) is 18.9. The molecule has 0 fully saturated rings. The van der Waals surface area contributed by atoms with Gasteiger partial charge in [-0.05, 0) is 36.4 Å². The average Bonchev–Trinajstić information content (AvgIpc) is 3.12. The smallest absolute Gasteiger partial charge is 0.349 e. The van der Waals surface area contributed by atoms with Crippen LogP contribution in [0.1, 0.15) is 12.7 Å². The monoisotopic (exact) mass is 353 g/mol. The highest BCUT2D eigenvalue weighted by Gasteiger charge is 2.14. The summed E-state index contributed by atoms with van der Waals surface area (Å²) in [6, 6.07) is 11.3. The van der Waals surface area contributed by atoms with Crippen LogP contribution in [0.2, 0.25) is 0 Å². The van der Waals surface area contributed by atoms with Crippen LogP contribution in [-0.4, -0.2) is 24.4 Å². The van der Waals surface area contributed by atoms with Crippen LogP contribution in [0, 0.1) is 11.3 Å². The second-order valence-corrected chi connectivity index (χ2v) is 5.07. The van der Waals surface area contributed by atoms with Gasteiger partial charge in [-0.1, -0.05) is 0 Å². The fourth-order valence-corrected chi connectivity index (χ4v) is 1.90. The van der Waals surface area contributed by atoms with Crippen LogP contribution < -0.4 is 10.6 Å². The number of carbonyl (C=O) groups is 3. The number of ether oxygens (including phenoxy) is 1. The van der Waals surface area contributed by atoms with Crippen LogP contribution >= 0.6 is 0 Å². The number of nitriles is 1. The third-order valence-electron chi connectivity index (χ3n) is 2.99. The highest BCUT2D eigenvalue weighted by Crippen LogP contribution is 2.13. The molecule has 0 unspecified atom stereocenters. The minimum absolute atomic E-state index is 0.204. The van der Waals surface area contributed by atoms with Gasteiger partial charge >= 0.3 is 5.97 Å². The Morgan fingerprint density at radius 2 is 1.81 bits per heavy atom. The number of nitrogens with one attached hydrogen (secondary N) is 2. The van der Waals surface area contributed by atoms with E-state index in [2.05, 4.69) is 10.6 Å². The molecule has 0 aliphatic heterocycles. The first kappa shape index (κ1) is 18.5. The van der Waals surface area contributed by atoms with Crippen molar-refractivity contribution < 1.29 is 23.5 Å². The lowest BCUT2D eigenvalue weighted by atomic mass is 10.2. The number of hydrogen-bond acceptors (Lipinski definition) is 6. The lowest BCUT2D eigenvalue weighted by Gasteiger charge is -2.07. The van der Waals surface area contributed by atoms with Crippen LogP contribution in [0.5, 0.6) is 0 Å². The molecule has 8 nitrogen and oxygen atoms in total. The van der Waals surface area contributed by atoms with E-state index in [1.807, 2.05) is 0 Å². The van der Waals surface area contributed by atoms with Gasteiger partial charge in [-0.2, -0.15) is 5.26 Å². The fraction of sp³-hybridized carbons (Fsp3) is 0.111. The summed E-state index contributed by atoms with van der Waals surface area (Å²) in [6.45, 7) is 0.837. The number of furan rings is 1. The molecule has 2 rings (SSSR count). The van der Waals surface area contributed by atoms with Crippen molar-refractivity contribution in [3.63, 3.8) is 0 Å². The molecular formula is C18H15N3O5. The summed E-state index contributed by atoms with van der Waals surface area (Å²) >= 11 is 0. The number of rotatable bonds is 6. The molecule has 1 heterocycles. The molecular weight excluding hydrogens is 338 g/mol. The van der Waals surface area contributed by atoms with Crippen LogP contribution in [0.4, 0.5) is 11.4 Å². The molecule has 1 aromatic heterocycles. The van der Waals surface area contributed by atoms with Crippen molar-refractivity contribution in [2.75, 3.05) is 17.2 Å². The third kappa shape index (κ3) is 5.65. The molecule has 2 amide bonds. The highest BCUT2D eigenvalue weighted by atomic mass is 16.5. The average molecular weight is 353 g/mol. The van der Waals surface area contributed by atoms with Gasteiger partial charge in [0.05, 0.1) is 6.26 Å². The quantitative estimate of drug-likeness (QED) is 0.467. The number of amides is 2. The topological polar surface area (TPSA) is 121 Å². The number of hydrogen-bond donors (Lipinski definition) is 2. The van der Waals surface area contributed by atoms with Crippen molar-refractivity contribution in [3.05, 3.63) is 54.0 Å². The minimum atomic E-state index is -0.931. The molecule has 2 aromatic rings. The van der Waals surface area contributed by atoms with Gasteiger partial charge < -0.3 is 19.8 Å². The highest BCUT2D eigenvalue weighted by molar-refractivity contribution is 6.00. The predicted molar refractivity (Wildman–Crippen MR) is 92.6 cm³/mol. The summed E-state index contributed by atoms with van der Waals surface area (Å²) in [4.78, 5) is 34.6. The first-order valence-electron chi connectivity index (χ1n) is 7.48. The Hall–Kier alpha value is -3.86. The summed E-state index contributed by atoms with van der Waals surface area (Å²) in [6.07, 6.45) is 2.62. The Labute approximate surface area is 149 Å². The summed E-state index contributed by atoms with van der Waals surface area (Å²) in [5, 5.41) is 14.1. The van der Waals surface area contributed by atoms with E-state index in [-0.39, 0.29) is 11.5 Å². The van der Waals surface area contributed by atoms with E-state index in [1.54, 1.807) is 42.5 Å². The second-order valence-electron chi connectivity index (χ2n) is 5.07. The molecule has 0 atom stereocenters. The van der Waals surface area contributed by atoms with Crippen LogP contribution in [0.3, 0.4) is 0 Å². The van der Waals surface area contributed by atoms with Crippen molar-refractivity contribution in [2.24, 2.45) is 0 Å². The van der Waals surface area contributed by atoms with E-state index in [9.17, 15) is 14.4 Å². The van der Waals surface area contributed by atoms with Gasteiger partial charge in [-0.3, -0.25) is 9.59 Å². The Morgan fingerprint density at radius 3 is 2.35 bits per heavy atom. The van der Waals surface area contributed by atoms with Gasteiger partial charge in [0.2, 0.25) is 5.91 Å². The molecule has 0 aliphatic carbocycles. The van der Waals surface area contributed by atoms with Crippen LogP contribution in [0.25, 0.3) is 6.08 Å². The second kappa shape index (κ2) is 8.84. The fourth-order valence-electron chi connectivity index (χ4n) is 1.90. The molecule has 0 spiro atoms. The molecule has 8 heteroatoms. The molecule has 132 valence electrons. The first-order valence-corrected chi connectivity index (χ1v) is 7.48. The molecule has 0 bridgehead atoms. The minimum Gasteiger partial charge on any atom is -0.465 e. The number of carbonyl (C=O) groups excluding carboxylic acids is 3. The van der Waals surface area contributed by atoms with E-state index in [1.165, 1.54) is 19.3 Å². The largest absolute Gasteiger partial charge is 0.465 e. The van der Waals surface area contributed by atoms with E-state index >= 15 is 0 Å². The normalized spacial score (nSPS) is 10.5. The standard InChI is InChI=1S/C18H15N3O5/c1-12(22)20-14-4-6-15(7-5-14)21-17(23)11-26-18(24)13(10-19)9-16-3-2-8-25-16/h2-9H,11H2,1H3,(H,20,22)(H,21,23)/b13-9+. The van der Waals surface area contributed by atoms with Gasteiger partial charge in [0.1, 0.15) is 17.4 Å². The zero-order valence-corrected chi connectivity index (χ0v) is 13.8. The van der Waals surface area contributed by atoms with E-state index in [0.29, 0.717) is 17.1 Å². The third-order valence-corrected chi connectivity index (χ3v) is 2.99. The zero-order valence-electron chi connectivity index (χ0n) is 13.8. The number of anilines is 2. The van der Waals surface area contributed by atoms with Crippen molar-refractivity contribution >= 4 is 35.2 Å². The van der Waals surface area contributed by atoms with Crippen molar-refractivity contribution in [1.82, 2.24) is 0 Å². The molecule has 2 N–H and O–H groups in total. The molecule has 1 aromatic carbocycles. The number of benzene rings is 1. The maximum Gasteiger partial charge on any atom is 0.349 e. The lowest BCUT2D eigenvalue weighted by molar-refractivity contribution is -0.142. The molecule has 0 saturated carbocycles. The van der Waals surface area contributed by atoms with E-state index in [0.717, 1.165) is 0 Å². The van der Waals surface area contributed by atoms with Gasteiger partial charge in [-0.25, -0.2) is 4.79 Å². The van der Waals surface area contributed by atoms with Gasteiger partial charge in [0.15, 0.2) is 6.61 Å². The van der Waals surface area contributed by atoms with Crippen molar-refractivity contribution in [3.8, 4) is 6.07 Å². The molecule has 0 saturated heterocycles. The molecule has 0 radical (unpaired) electrons. The SMILES string of the molecule is CC(=O)Nc1ccc(NC(=O)COC(=O)/C(C#N)=C/c2ccco2)cc1. The Kier molecular flexibility index (Phi) is 6.28. The van der Waals surface area contributed by atoms with Crippen LogP contribution in [-0.2, 0) is 19.1 Å². The number of esters is 1. The van der Waals surface area contributed by atoms with Gasteiger partial charge in [-0.15, -0.1) is 0 Å². The summed E-state index contributed by atoms with van der Waals surface area (Å²) in [5.41, 5.74) is 0.767. The predicted octanol–water partition coefficient (Wildman–Crippen LogP) is 2.33. The summed E-state index contributed by atoms with van der Waals surface area (Å²) in [5.74, 6) is -1.38. The molecule has 0 aliphatic rings. The van der Waals surface area contributed by atoms with Crippen LogP contribution in [0.15, 0.2) is 52.7 Å². The van der Waals surface area contributed by atoms with Crippen molar-refractivity contribution in [2.45, 2.75) is 6.92 Å². The maximum atomic E-state index is 11.8. The summed E-state index contributed by atoms with van der Waals surface area (Å²) in [7, 11) is 0. The van der Waals surface area contributed by atoms with E-state index < -0.39 is 18.5 Å². The number of nitrogens with zero attached hydrogens (tertiary/aromatic N) is 1. The van der Waals surface area contributed by atoms with E-state index in [4.69, 9.17) is 14.4 Å². The van der Waals surface area contributed by atoms with Crippen molar-refractivity contribution in [1.29, 1.82) is 5.26 Å². The lowest BCUT2D eigenvalue weighted by Crippen LogP contribution is -2.21. The van der Waals surface area contributed by atoms with Gasteiger partial charge in [0, 0.05) is 24.4 Å². The van der Waals surface area contributed by atoms with Gasteiger partial charge in [0.25, 0.3) is 5.91 Å². The summed E-state index contributed by atoms with van der Waals surface area (Å²) < 4.78 is 9.83. The molecule has 26 heavy (non-hydrogen) atoms. The maximum absolute atomic E-state index is 11.8. The Bertz CT molecular complexity index is 861. The Balaban J connectivity index is 1.87. The first-order chi connectivity index (χ1) is 12.5. The Morgan fingerprint density at radius 1 is 1.15 bits per heavy atom.